The summed E-state index contributed by atoms with van der Waals surface area (Å²) in [6.45, 7) is 7.10. The van der Waals surface area contributed by atoms with Crippen LogP contribution in [0.25, 0.3) is 0 Å². The fourth-order valence-electron chi connectivity index (χ4n) is 1.27. The Balaban J connectivity index is 0. The van der Waals surface area contributed by atoms with Gasteiger partial charge in [-0.3, -0.25) is 20.4 Å². The molecule has 0 aliphatic rings. The van der Waals surface area contributed by atoms with Crippen LogP contribution in [0.1, 0.15) is 46.5 Å². The highest BCUT2D eigenvalue weighted by Crippen LogP contribution is 1.98. The van der Waals surface area contributed by atoms with E-state index in [0.717, 1.165) is 0 Å². The third-order valence-electron chi connectivity index (χ3n) is 2.29. The van der Waals surface area contributed by atoms with Crippen molar-refractivity contribution in [1.82, 2.24) is 10.9 Å². The highest BCUT2D eigenvalue weighted by atomic mass is 16.8. The third kappa shape index (κ3) is 16.8. The van der Waals surface area contributed by atoms with E-state index >= 15 is 0 Å². The molecule has 132 valence electrons. The summed E-state index contributed by atoms with van der Waals surface area (Å²) >= 11 is 0. The molecule has 0 atom stereocenters. The number of nitrogens with one attached hydrogen (secondary N) is 2. The van der Waals surface area contributed by atoms with Gasteiger partial charge in [-0.2, -0.15) is 0 Å². The van der Waals surface area contributed by atoms with Gasteiger partial charge < -0.3 is 14.2 Å². The molecule has 22 heavy (non-hydrogen) atoms. The minimum atomic E-state index is -0.472. The van der Waals surface area contributed by atoms with E-state index in [0.29, 0.717) is 45.5 Å². The zero-order chi connectivity index (χ0) is 17.2. The Bertz CT molecular complexity index is 247. The topological polar surface area (TPSA) is 138 Å². The van der Waals surface area contributed by atoms with Gasteiger partial charge in [-0.25, -0.2) is 11.7 Å². The SMILES string of the molecule is CCOC(OCC)OCC.NNC(=O)CCCCC(=O)NN. The average Bonchev–Trinajstić information content (AvgIpc) is 2.52. The van der Waals surface area contributed by atoms with Gasteiger partial charge in [0.25, 0.3) is 6.48 Å². The van der Waals surface area contributed by atoms with Crippen LogP contribution in [0.4, 0.5) is 0 Å². The largest absolute Gasteiger partial charge is 0.330 e. The van der Waals surface area contributed by atoms with Gasteiger partial charge in [-0.05, 0) is 33.6 Å². The molecule has 0 saturated heterocycles. The molecule has 0 aliphatic heterocycles. The Hall–Kier alpha value is -1.26. The first-order chi connectivity index (χ1) is 10.5. The van der Waals surface area contributed by atoms with Crippen molar-refractivity contribution < 1.29 is 23.8 Å². The lowest BCUT2D eigenvalue weighted by molar-refractivity contribution is -0.282. The average molecular weight is 322 g/mol. The number of hydrogen-bond donors (Lipinski definition) is 4. The number of hydrazine groups is 2. The van der Waals surface area contributed by atoms with Crippen molar-refractivity contribution in [2.45, 2.75) is 52.9 Å². The first-order valence-corrected chi connectivity index (χ1v) is 7.39. The number of amides is 2. The lowest BCUT2D eigenvalue weighted by Gasteiger charge is -2.15. The maximum atomic E-state index is 10.6. The van der Waals surface area contributed by atoms with Crippen molar-refractivity contribution in [2.24, 2.45) is 11.7 Å². The van der Waals surface area contributed by atoms with Gasteiger partial charge in [0.15, 0.2) is 0 Å². The van der Waals surface area contributed by atoms with E-state index in [4.69, 9.17) is 25.9 Å². The molecular formula is C13H30N4O5. The van der Waals surface area contributed by atoms with Crippen LogP contribution in [0.15, 0.2) is 0 Å². The normalized spacial score (nSPS) is 9.91. The summed E-state index contributed by atoms with van der Waals surface area (Å²) in [4.78, 5) is 21.1. The van der Waals surface area contributed by atoms with Crippen molar-refractivity contribution in [1.29, 1.82) is 0 Å². The van der Waals surface area contributed by atoms with Gasteiger partial charge in [-0.15, -0.1) is 0 Å². The van der Waals surface area contributed by atoms with E-state index in [1.807, 2.05) is 31.6 Å². The second kappa shape index (κ2) is 17.8. The molecule has 0 bridgehead atoms. The van der Waals surface area contributed by atoms with Crippen molar-refractivity contribution in [3.05, 3.63) is 0 Å². The fourth-order valence-corrected chi connectivity index (χ4v) is 1.27. The van der Waals surface area contributed by atoms with Gasteiger partial charge in [0.05, 0.1) is 0 Å². The quantitative estimate of drug-likeness (QED) is 0.137. The molecule has 9 heteroatoms. The van der Waals surface area contributed by atoms with Crippen LogP contribution in [0.3, 0.4) is 0 Å². The van der Waals surface area contributed by atoms with Crippen LogP contribution >= 0.6 is 0 Å². The van der Waals surface area contributed by atoms with Gasteiger partial charge in [0, 0.05) is 32.7 Å². The number of nitrogens with two attached hydrogens (primary N) is 2. The summed E-state index contributed by atoms with van der Waals surface area (Å²) in [6.07, 6.45) is 1.95. The maximum absolute atomic E-state index is 10.6. The predicted octanol–water partition coefficient (Wildman–Crippen LogP) is -0.0939. The highest BCUT2D eigenvalue weighted by Gasteiger charge is 2.04. The summed E-state index contributed by atoms with van der Waals surface area (Å²) in [6, 6.07) is 0. The van der Waals surface area contributed by atoms with Crippen LogP contribution < -0.4 is 22.5 Å². The number of rotatable bonds is 11. The maximum Gasteiger partial charge on any atom is 0.271 e. The number of ether oxygens (including phenoxy) is 3. The molecule has 0 heterocycles. The molecule has 0 saturated carbocycles. The second-order valence-electron chi connectivity index (χ2n) is 4.00. The van der Waals surface area contributed by atoms with Gasteiger partial charge in [0.2, 0.25) is 11.8 Å². The van der Waals surface area contributed by atoms with Crippen molar-refractivity contribution in [3.63, 3.8) is 0 Å². The fraction of sp³-hybridized carbons (Fsp3) is 0.846. The van der Waals surface area contributed by atoms with Gasteiger partial charge in [-0.1, -0.05) is 0 Å². The summed E-state index contributed by atoms with van der Waals surface area (Å²) in [5.74, 6) is 9.24. The van der Waals surface area contributed by atoms with E-state index in [9.17, 15) is 9.59 Å². The molecule has 0 spiro atoms. The lowest BCUT2D eigenvalue weighted by atomic mass is 10.2. The zero-order valence-electron chi connectivity index (χ0n) is 13.7. The summed E-state index contributed by atoms with van der Waals surface area (Å²) in [7, 11) is 0. The molecule has 0 aliphatic carbocycles. The Kier molecular flexibility index (Phi) is 18.6. The number of carbonyl (C=O) groups excluding carboxylic acids is 2. The molecule has 0 aromatic carbocycles. The Morgan fingerprint density at radius 2 is 1.14 bits per heavy atom. The highest BCUT2D eigenvalue weighted by molar-refractivity contribution is 5.76. The predicted molar refractivity (Wildman–Crippen MR) is 81.8 cm³/mol. The lowest BCUT2D eigenvalue weighted by Crippen LogP contribution is -2.30. The molecule has 0 aromatic heterocycles. The number of unbranched alkanes of at least 4 members (excludes halogenated alkanes) is 1. The Labute approximate surface area is 132 Å². The van der Waals surface area contributed by atoms with E-state index in [1.54, 1.807) is 0 Å². The standard InChI is InChI=1S/C7H16O3.C6H14N4O2/c1-4-8-7(9-5-2)10-6-3;7-9-5(11)3-1-2-4-6(12)10-8/h7H,4-6H2,1-3H3;1-4,7-8H2,(H,9,11)(H,10,12). The van der Waals surface area contributed by atoms with Gasteiger partial charge >= 0.3 is 0 Å². The zero-order valence-corrected chi connectivity index (χ0v) is 13.7. The van der Waals surface area contributed by atoms with Crippen molar-refractivity contribution in [2.75, 3.05) is 19.8 Å². The molecule has 0 radical (unpaired) electrons. The number of carbonyl (C=O) groups is 2. The van der Waals surface area contributed by atoms with E-state index in [2.05, 4.69) is 0 Å². The molecule has 0 rings (SSSR count). The smallest absolute Gasteiger partial charge is 0.271 e. The molecule has 0 fully saturated rings. The molecule has 6 N–H and O–H groups in total. The summed E-state index contributed by atoms with van der Waals surface area (Å²) in [5.41, 5.74) is 4.01. The van der Waals surface area contributed by atoms with Gasteiger partial charge in [0.1, 0.15) is 0 Å². The van der Waals surface area contributed by atoms with Crippen molar-refractivity contribution >= 4 is 11.8 Å². The van der Waals surface area contributed by atoms with E-state index < -0.39 is 6.48 Å². The second-order valence-corrected chi connectivity index (χ2v) is 4.00. The minimum absolute atomic E-state index is 0.219. The Morgan fingerprint density at radius 3 is 1.36 bits per heavy atom. The molecular weight excluding hydrogens is 292 g/mol. The third-order valence-corrected chi connectivity index (χ3v) is 2.29. The van der Waals surface area contributed by atoms with E-state index in [1.165, 1.54) is 0 Å². The molecule has 0 aromatic rings. The van der Waals surface area contributed by atoms with Crippen LogP contribution in [-0.4, -0.2) is 38.1 Å². The monoisotopic (exact) mass is 322 g/mol. The van der Waals surface area contributed by atoms with Crippen LogP contribution in [-0.2, 0) is 23.8 Å². The molecule has 2 amide bonds. The summed E-state index contributed by atoms with van der Waals surface area (Å²) < 4.78 is 15.2. The first-order valence-electron chi connectivity index (χ1n) is 7.39. The van der Waals surface area contributed by atoms with Crippen LogP contribution in [0, 0.1) is 0 Å². The van der Waals surface area contributed by atoms with Crippen molar-refractivity contribution in [3.8, 4) is 0 Å². The van der Waals surface area contributed by atoms with E-state index in [-0.39, 0.29) is 11.8 Å². The number of hydrogen-bond acceptors (Lipinski definition) is 7. The first kappa shape index (κ1) is 23.0. The molecule has 0 unspecified atom stereocenters. The van der Waals surface area contributed by atoms with Crippen LogP contribution in [0.5, 0.6) is 0 Å². The van der Waals surface area contributed by atoms with Crippen LogP contribution in [0.2, 0.25) is 0 Å². The minimum Gasteiger partial charge on any atom is -0.330 e. The summed E-state index contributed by atoms with van der Waals surface area (Å²) in [5, 5.41) is 0. The Morgan fingerprint density at radius 1 is 0.818 bits per heavy atom. The molecule has 9 nitrogen and oxygen atoms in total.